The number of Topliss-reactive ketones (excluding diaryl/α,β-unsaturated/α-hetero) is 1. The topological polar surface area (TPSA) is 105 Å². The van der Waals surface area contributed by atoms with Crippen LogP contribution < -0.4 is 5.32 Å². The number of epoxide rings is 1. The molecule has 1 amide bonds. The predicted octanol–water partition coefficient (Wildman–Crippen LogP) is 2.21. The van der Waals surface area contributed by atoms with Crippen LogP contribution in [0.4, 0.5) is 0 Å². The number of carbonyl (C=O) groups excluding carboxylic acids is 3. The Morgan fingerprint density at radius 2 is 1.80 bits per heavy atom. The van der Waals surface area contributed by atoms with E-state index < -0.39 is 29.1 Å². The van der Waals surface area contributed by atoms with Crippen LogP contribution in [0.5, 0.6) is 0 Å². The van der Waals surface area contributed by atoms with Crippen LogP contribution >= 0.6 is 0 Å². The molecule has 0 aliphatic carbocycles. The Labute approximate surface area is 176 Å². The van der Waals surface area contributed by atoms with Gasteiger partial charge >= 0.3 is 5.97 Å². The smallest absolute Gasteiger partial charge is 0.337 e. The normalized spacial score (nSPS) is 29.6. The second-order valence-corrected chi connectivity index (χ2v) is 7.27. The molecule has 2 heterocycles. The third-order valence-corrected chi connectivity index (χ3v) is 4.79. The molecule has 2 saturated heterocycles. The Bertz CT molecular complexity index is 916. The standard InChI is InChI=1S/C23H27NO6/c1-6-17(19(26)29-5)14-15(2)12-10-8-7-9-11-13-16(3)18(25)23-20(30-23)22(4,28)24-21(23)27/h6-14,20,28H,1-5H3,(H,24,27)/t20-,22-,23-/m0/s1. The fraction of sp³-hybridized carbons (Fsp3) is 0.348. The number of amides is 1. The lowest BCUT2D eigenvalue weighted by atomic mass is 9.94. The minimum absolute atomic E-state index is 0.353. The summed E-state index contributed by atoms with van der Waals surface area (Å²) in [4.78, 5) is 36.1. The molecule has 0 spiro atoms. The van der Waals surface area contributed by atoms with Gasteiger partial charge < -0.3 is 19.9 Å². The largest absolute Gasteiger partial charge is 0.465 e. The van der Waals surface area contributed by atoms with Gasteiger partial charge in [-0.2, -0.15) is 0 Å². The number of ether oxygens (including phenoxy) is 2. The van der Waals surface area contributed by atoms with Crippen molar-refractivity contribution in [1.82, 2.24) is 5.32 Å². The molecule has 0 aromatic rings. The van der Waals surface area contributed by atoms with Gasteiger partial charge in [0, 0.05) is 0 Å². The Kier molecular flexibility index (Phi) is 7.12. The van der Waals surface area contributed by atoms with E-state index in [9.17, 15) is 19.5 Å². The number of ketones is 1. The van der Waals surface area contributed by atoms with Crippen molar-refractivity contribution in [2.45, 2.75) is 45.1 Å². The van der Waals surface area contributed by atoms with Crippen LogP contribution in [0.2, 0.25) is 0 Å². The molecule has 0 saturated carbocycles. The maximum atomic E-state index is 12.6. The summed E-state index contributed by atoms with van der Waals surface area (Å²) in [5.74, 6) is -1.45. The van der Waals surface area contributed by atoms with Crippen molar-refractivity contribution in [3.8, 4) is 0 Å². The first-order chi connectivity index (χ1) is 14.1. The summed E-state index contributed by atoms with van der Waals surface area (Å²) >= 11 is 0. The van der Waals surface area contributed by atoms with Gasteiger partial charge in [-0.1, -0.05) is 54.2 Å². The van der Waals surface area contributed by atoms with Gasteiger partial charge in [0.25, 0.3) is 5.91 Å². The van der Waals surface area contributed by atoms with E-state index in [-0.39, 0.29) is 5.97 Å². The molecule has 2 fully saturated rings. The number of allylic oxidation sites excluding steroid dienone is 9. The highest BCUT2D eigenvalue weighted by atomic mass is 16.6. The van der Waals surface area contributed by atoms with Crippen LogP contribution in [-0.4, -0.2) is 47.3 Å². The molecule has 0 aromatic heterocycles. The number of rotatable bonds is 8. The van der Waals surface area contributed by atoms with E-state index in [4.69, 9.17) is 9.47 Å². The number of nitrogens with one attached hydrogen (secondary N) is 1. The Morgan fingerprint density at radius 3 is 2.33 bits per heavy atom. The van der Waals surface area contributed by atoms with Crippen molar-refractivity contribution in [3.63, 3.8) is 0 Å². The third kappa shape index (κ3) is 4.75. The average Bonchev–Trinajstić information content (AvgIpc) is 3.43. The van der Waals surface area contributed by atoms with E-state index in [1.807, 2.05) is 19.1 Å². The van der Waals surface area contributed by atoms with Gasteiger partial charge in [0.1, 0.15) is 0 Å². The monoisotopic (exact) mass is 413 g/mol. The van der Waals surface area contributed by atoms with Crippen molar-refractivity contribution in [3.05, 3.63) is 71.4 Å². The first-order valence-corrected chi connectivity index (χ1v) is 9.49. The molecule has 7 nitrogen and oxygen atoms in total. The first kappa shape index (κ1) is 23.3. The molecule has 3 atom stereocenters. The average molecular weight is 413 g/mol. The summed E-state index contributed by atoms with van der Waals surface area (Å²) in [6.45, 7) is 6.63. The molecule has 2 rings (SSSR count). The van der Waals surface area contributed by atoms with Gasteiger partial charge in [0.2, 0.25) is 11.4 Å². The Balaban J connectivity index is 1.91. The van der Waals surface area contributed by atoms with E-state index in [2.05, 4.69) is 5.32 Å². The molecular weight excluding hydrogens is 386 g/mol. The molecule has 0 bridgehead atoms. The van der Waals surface area contributed by atoms with E-state index in [1.54, 1.807) is 56.4 Å². The number of esters is 1. The Hall–Kier alpha value is -3.03. The SMILES string of the molecule is CC=C(C=C(C)C=CC=CC=CC=C(C)C(=O)[C@]12O[C@H]1[C@](C)(O)NC2=O)C(=O)OC. The molecule has 2 N–H and O–H groups in total. The van der Waals surface area contributed by atoms with Gasteiger partial charge in [0.15, 0.2) is 11.8 Å². The summed E-state index contributed by atoms with van der Waals surface area (Å²) in [5, 5.41) is 12.4. The van der Waals surface area contributed by atoms with Crippen LogP contribution in [-0.2, 0) is 23.9 Å². The highest BCUT2D eigenvalue weighted by Gasteiger charge is 2.79. The molecule has 0 unspecified atom stereocenters. The van der Waals surface area contributed by atoms with Gasteiger partial charge in [-0.3, -0.25) is 9.59 Å². The van der Waals surface area contributed by atoms with E-state index in [1.165, 1.54) is 14.0 Å². The minimum Gasteiger partial charge on any atom is -0.465 e. The second-order valence-electron chi connectivity index (χ2n) is 7.27. The number of hydrogen-bond acceptors (Lipinski definition) is 6. The fourth-order valence-electron chi connectivity index (χ4n) is 3.14. The second kappa shape index (κ2) is 9.19. The van der Waals surface area contributed by atoms with Crippen molar-refractivity contribution >= 4 is 17.7 Å². The zero-order valence-corrected chi connectivity index (χ0v) is 17.8. The number of hydrogen-bond donors (Lipinski definition) is 2. The zero-order valence-electron chi connectivity index (χ0n) is 17.8. The van der Waals surface area contributed by atoms with Gasteiger partial charge in [-0.25, -0.2) is 4.79 Å². The lowest BCUT2D eigenvalue weighted by molar-refractivity contribution is -0.137. The van der Waals surface area contributed by atoms with E-state index in [0.717, 1.165) is 5.57 Å². The van der Waals surface area contributed by atoms with Crippen LogP contribution in [0, 0.1) is 0 Å². The molecule has 160 valence electrons. The third-order valence-electron chi connectivity index (χ3n) is 4.79. The molecule has 0 radical (unpaired) electrons. The van der Waals surface area contributed by atoms with Crippen molar-refractivity contribution in [2.75, 3.05) is 7.11 Å². The summed E-state index contributed by atoms with van der Waals surface area (Å²) < 4.78 is 9.95. The number of aliphatic hydroxyl groups is 1. The predicted molar refractivity (Wildman–Crippen MR) is 112 cm³/mol. The van der Waals surface area contributed by atoms with Gasteiger partial charge in [0.05, 0.1) is 12.7 Å². The lowest BCUT2D eigenvalue weighted by Gasteiger charge is -2.16. The van der Waals surface area contributed by atoms with Crippen LogP contribution in [0.15, 0.2) is 71.4 Å². The number of methoxy groups -OCH3 is 1. The number of morpholine rings is 1. The highest BCUT2D eigenvalue weighted by molar-refractivity contribution is 6.21. The zero-order chi connectivity index (χ0) is 22.5. The molecule has 2 aliphatic rings. The highest BCUT2D eigenvalue weighted by Crippen LogP contribution is 2.49. The fourth-order valence-corrected chi connectivity index (χ4v) is 3.14. The van der Waals surface area contributed by atoms with Crippen molar-refractivity contribution in [2.24, 2.45) is 0 Å². The molecule has 0 aromatic carbocycles. The van der Waals surface area contributed by atoms with Crippen LogP contribution in [0.25, 0.3) is 0 Å². The maximum absolute atomic E-state index is 12.6. The van der Waals surface area contributed by atoms with E-state index >= 15 is 0 Å². The van der Waals surface area contributed by atoms with Crippen molar-refractivity contribution < 1.29 is 29.0 Å². The Morgan fingerprint density at radius 1 is 1.17 bits per heavy atom. The molecular formula is C23H27NO6. The number of carbonyl (C=O) groups is 3. The first-order valence-electron chi connectivity index (χ1n) is 9.49. The van der Waals surface area contributed by atoms with Crippen LogP contribution in [0.1, 0.15) is 27.7 Å². The summed E-state index contributed by atoms with van der Waals surface area (Å²) in [7, 11) is 1.34. The summed E-state index contributed by atoms with van der Waals surface area (Å²) in [6, 6.07) is 0. The van der Waals surface area contributed by atoms with Crippen molar-refractivity contribution in [1.29, 1.82) is 0 Å². The summed E-state index contributed by atoms with van der Waals surface area (Å²) in [5.41, 5.74) is -1.42. The lowest BCUT2D eigenvalue weighted by Crippen LogP contribution is -2.45. The van der Waals surface area contributed by atoms with Gasteiger partial charge in [-0.15, -0.1) is 0 Å². The number of fused-ring (bicyclic) bond motifs is 1. The molecule has 7 heteroatoms. The minimum atomic E-state index is -1.60. The quantitative estimate of drug-likeness (QED) is 0.208. The maximum Gasteiger partial charge on any atom is 0.337 e. The van der Waals surface area contributed by atoms with Crippen LogP contribution in [0.3, 0.4) is 0 Å². The molecule has 30 heavy (non-hydrogen) atoms. The molecule has 2 aliphatic heterocycles. The van der Waals surface area contributed by atoms with Gasteiger partial charge in [-0.05, 0) is 39.3 Å². The van der Waals surface area contributed by atoms with E-state index in [0.29, 0.717) is 11.1 Å². The summed E-state index contributed by atoms with van der Waals surface area (Å²) in [6.07, 6.45) is 14.8.